The highest BCUT2D eigenvalue weighted by Gasteiger charge is 2.26. The molecule has 0 bridgehead atoms. The lowest BCUT2D eigenvalue weighted by Gasteiger charge is -2.24. The number of para-hydroxylation sites is 1. The molecule has 2 nitrogen and oxygen atoms in total. The first-order chi connectivity index (χ1) is 22.3. The summed E-state index contributed by atoms with van der Waals surface area (Å²) < 4.78 is 9.14. The van der Waals surface area contributed by atoms with E-state index in [1.165, 1.54) is 69.5 Å². The summed E-state index contributed by atoms with van der Waals surface area (Å²) in [7, 11) is 0. The van der Waals surface area contributed by atoms with Crippen molar-refractivity contribution in [2.24, 2.45) is 0 Å². The van der Waals surface area contributed by atoms with Crippen LogP contribution in [0.1, 0.15) is 12.8 Å². The fourth-order valence-electron chi connectivity index (χ4n) is 7.42. The predicted molar refractivity (Wildman–Crippen MR) is 191 cm³/mol. The minimum atomic E-state index is 0.968. The van der Waals surface area contributed by atoms with Gasteiger partial charge in [-0.25, -0.2) is 0 Å². The first-order valence-corrected chi connectivity index (χ1v) is 16.4. The number of nitrogens with zero attached hydrogens (tertiary/aromatic N) is 1. The third kappa shape index (κ3) is 3.71. The number of benzene rings is 7. The van der Waals surface area contributed by atoms with E-state index in [1.807, 2.05) is 11.8 Å². The van der Waals surface area contributed by atoms with Crippen LogP contribution in [0.3, 0.4) is 0 Å². The fraction of sp³-hybridized carbons (Fsp3) is 0.0476. The monoisotopic (exact) mass is 593 g/mol. The molecule has 7 aromatic carbocycles. The summed E-state index contributed by atoms with van der Waals surface area (Å²) in [5.41, 5.74) is 5.90. The zero-order chi connectivity index (χ0) is 29.5. The normalized spacial score (nSPS) is 14.4. The van der Waals surface area contributed by atoms with Crippen LogP contribution in [0.2, 0.25) is 0 Å². The van der Waals surface area contributed by atoms with E-state index >= 15 is 0 Å². The number of rotatable bonds is 2. The zero-order valence-corrected chi connectivity index (χ0v) is 25.3. The SMILES string of the molecule is C1=CC2=C(CC1)Sc1ccc3c(c1O2)c1cc(-c2ccc4c5ccccc5c5ccccc5c4c2)ccc1n3-c1ccccc1. The molecule has 45 heavy (non-hydrogen) atoms. The van der Waals surface area contributed by atoms with Crippen molar-refractivity contribution in [1.29, 1.82) is 0 Å². The van der Waals surface area contributed by atoms with E-state index in [-0.39, 0.29) is 0 Å². The Morgan fingerprint density at radius 1 is 0.556 bits per heavy atom. The van der Waals surface area contributed by atoms with Gasteiger partial charge in [0.1, 0.15) is 5.76 Å². The standard InChI is InChI=1S/C42H27NOS/c1-2-10-28(11-3-1)43-36-21-19-27(25-35(36)41-37(43)22-23-40-42(41)44-38-16-8-9-17-39(38)45-40)26-18-20-33-31-14-5-4-12-29(31)30-13-6-7-15-32(30)34(33)24-26/h1-8,10-16,18-25H,9,17H2. The van der Waals surface area contributed by atoms with Gasteiger partial charge in [0.2, 0.25) is 0 Å². The molecule has 0 spiro atoms. The lowest BCUT2D eigenvalue weighted by Crippen LogP contribution is -2.05. The molecule has 0 amide bonds. The molecule has 1 aliphatic heterocycles. The summed E-state index contributed by atoms with van der Waals surface area (Å²) in [4.78, 5) is 2.52. The van der Waals surface area contributed by atoms with Gasteiger partial charge in [0.15, 0.2) is 5.75 Å². The van der Waals surface area contributed by atoms with Gasteiger partial charge in [-0.1, -0.05) is 103 Å². The summed E-state index contributed by atoms with van der Waals surface area (Å²) in [6.07, 6.45) is 6.48. The summed E-state index contributed by atoms with van der Waals surface area (Å²) in [5, 5.41) is 10.1. The van der Waals surface area contributed by atoms with E-state index in [0.717, 1.165) is 35.6 Å². The van der Waals surface area contributed by atoms with Gasteiger partial charge in [-0.05, 0) is 105 Å². The number of aromatic nitrogens is 1. The zero-order valence-electron chi connectivity index (χ0n) is 24.5. The Hall–Kier alpha value is -5.25. The van der Waals surface area contributed by atoms with Crippen LogP contribution < -0.4 is 4.74 Å². The van der Waals surface area contributed by atoms with Crippen LogP contribution in [0, 0.1) is 0 Å². The second kappa shape index (κ2) is 9.62. The molecule has 0 saturated heterocycles. The lowest BCUT2D eigenvalue weighted by atomic mass is 9.92. The molecular formula is C42H27NOS. The van der Waals surface area contributed by atoms with Crippen LogP contribution >= 0.6 is 11.8 Å². The molecule has 1 aliphatic carbocycles. The number of fused-ring (bicyclic) bond motifs is 11. The van der Waals surface area contributed by atoms with Crippen molar-refractivity contribution in [2.45, 2.75) is 17.7 Å². The topological polar surface area (TPSA) is 14.2 Å². The molecule has 10 rings (SSSR count). The van der Waals surface area contributed by atoms with Crippen LogP contribution in [-0.4, -0.2) is 4.57 Å². The predicted octanol–water partition coefficient (Wildman–Crippen LogP) is 12.0. The Morgan fingerprint density at radius 2 is 1.18 bits per heavy atom. The Kier molecular flexibility index (Phi) is 5.37. The first-order valence-electron chi connectivity index (χ1n) is 15.6. The van der Waals surface area contributed by atoms with Crippen molar-refractivity contribution in [2.75, 3.05) is 0 Å². The molecule has 3 heteroatoms. The average Bonchev–Trinajstić information content (AvgIpc) is 3.45. The summed E-state index contributed by atoms with van der Waals surface area (Å²) >= 11 is 1.87. The Morgan fingerprint density at radius 3 is 1.93 bits per heavy atom. The number of allylic oxidation sites excluding steroid dienone is 3. The maximum atomic E-state index is 6.76. The van der Waals surface area contributed by atoms with Gasteiger partial charge in [0, 0.05) is 16.0 Å². The molecule has 0 radical (unpaired) electrons. The number of thioether (sulfide) groups is 1. The average molecular weight is 594 g/mol. The quantitative estimate of drug-likeness (QED) is 0.185. The molecule has 0 unspecified atom stereocenters. The van der Waals surface area contributed by atoms with Crippen LogP contribution in [0.15, 0.2) is 155 Å². The first kappa shape index (κ1) is 25.1. The fourth-order valence-corrected chi connectivity index (χ4v) is 8.49. The van der Waals surface area contributed by atoms with Gasteiger partial charge >= 0.3 is 0 Å². The Bertz CT molecular complexity index is 2550. The highest BCUT2D eigenvalue weighted by Crippen LogP contribution is 2.51. The molecule has 0 saturated carbocycles. The number of hydrogen-bond acceptors (Lipinski definition) is 2. The van der Waals surface area contributed by atoms with Crippen LogP contribution in [0.5, 0.6) is 5.75 Å². The minimum Gasteiger partial charge on any atom is -0.455 e. The molecule has 2 aliphatic rings. The van der Waals surface area contributed by atoms with Crippen molar-refractivity contribution in [1.82, 2.24) is 4.57 Å². The van der Waals surface area contributed by atoms with Crippen LogP contribution in [0.4, 0.5) is 0 Å². The Balaban J connectivity index is 1.24. The van der Waals surface area contributed by atoms with E-state index < -0.39 is 0 Å². The van der Waals surface area contributed by atoms with Gasteiger partial charge < -0.3 is 9.30 Å². The van der Waals surface area contributed by atoms with E-state index in [1.54, 1.807) is 0 Å². The molecule has 1 aromatic heterocycles. The molecule has 212 valence electrons. The van der Waals surface area contributed by atoms with E-state index in [0.29, 0.717) is 0 Å². The van der Waals surface area contributed by atoms with Crippen molar-refractivity contribution in [3.8, 4) is 22.6 Å². The van der Waals surface area contributed by atoms with Gasteiger partial charge in [0.05, 0.1) is 21.3 Å². The maximum Gasteiger partial charge on any atom is 0.151 e. The number of ether oxygens (including phenoxy) is 1. The Labute approximate surface area is 264 Å². The van der Waals surface area contributed by atoms with Crippen molar-refractivity contribution < 1.29 is 4.74 Å². The summed E-state index contributed by atoms with van der Waals surface area (Å²) in [6.45, 7) is 0. The maximum absolute atomic E-state index is 6.76. The third-order valence-corrected chi connectivity index (χ3v) is 10.7. The van der Waals surface area contributed by atoms with Gasteiger partial charge in [0.25, 0.3) is 0 Å². The number of hydrogen-bond donors (Lipinski definition) is 0. The molecule has 2 heterocycles. The van der Waals surface area contributed by atoms with Crippen molar-refractivity contribution >= 4 is 65.9 Å². The molecule has 8 aromatic rings. The van der Waals surface area contributed by atoms with Crippen molar-refractivity contribution in [3.63, 3.8) is 0 Å². The van der Waals surface area contributed by atoms with Crippen LogP contribution in [-0.2, 0) is 0 Å². The van der Waals surface area contributed by atoms with Crippen molar-refractivity contribution in [3.05, 3.63) is 150 Å². The van der Waals surface area contributed by atoms with Crippen LogP contribution in [0.25, 0.3) is 70.9 Å². The molecular weight excluding hydrogens is 567 g/mol. The van der Waals surface area contributed by atoms with Gasteiger partial charge in [-0.3, -0.25) is 0 Å². The largest absolute Gasteiger partial charge is 0.455 e. The smallest absolute Gasteiger partial charge is 0.151 e. The molecule has 0 atom stereocenters. The second-order valence-electron chi connectivity index (χ2n) is 12.0. The minimum absolute atomic E-state index is 0.968. The third-order valence-electron chi connectivity index (χ3n) is 9.47. The highest BCUT2D eigenvalue weighted by molar-refractivity contribution is 8.03. The second-order valence-corrected chi connectivity index (χ2v) is 13.1. The summed E-state index contributed by atoms with van der Waals surface area (Å²) in [5.74, 6) is 1.97. The highest BCUT2D eigenvalue weighted by atomic mass is 32.2. The van der Waals surface area contributed by atoms with E-state index in [9.17, 15) is 0 Å². The van der Waals surface area contributed by atoms with E-state index in [2.05, 4.69) is 144 Å². The molecule has 0 fully saturated rings. The van der Waals surface area contributed by atoms with E-state index in [4.69, 9.17) is 4.74 Å². The lowest BCUT2D eigenvalue weighted by molar-refractivity contribution is 0.429. The molecule has 0 N–H and O–H groups in total. The van der Waals surface area contributed by atoms with Gasteiger partial charge in [-0.15, -0.1) is 0 Å². The van der Waals surface area contributed by atoms with Gasteiger partial charge in [-0.2, -0.15) is 0 Å². The summed E-state index contributed by atoms with van der Waals surface area (Å²) in [6, 6.07) is 46.7.